The standard InChI is InChI=1S/C12H21ClN4/c1-8(2)10-6-4-5-7-11(10)17-12(9(3)13)14-15-16-17/h8-11H,4-7H2,1-3H3. The van der Waals surface area contributed by atoms with Crippen LogP contribution in [0.5, 0.6) is 0 Å². The predicted molar refractivity (Wildman–Crippen MR) is 67.9 cm³/mol. The summed E-state index contributed by atoms with van der Waals surface area (Å²) in [6.07, 6.45) is 5.04. The zero-order chi connectivity index (χ0) is 12.4. The molecule has 1 heterocycles. The van der Waals surface area contributed by atoms with Crippen LogP contribution in [0.1, 0.15) is 63.7 Å². The normalized spacial score (nSPS) is 27.4. The van der Waals surface area contributed by atoms with E-state index in [0.717, 1.165) is 5.82 Å². The molecule has 4 nitrogen and oxygen atoms in total. The lowest BCUT2D eigenvalue weighted by atomic mass is 9.78. The lowest BCUT2D eigenvalue weighted by molar-refractivity contribution is 0.167. The SMILES string of the molecule is CC(Cl)c1nnnn1C1CCCCC1C(C)C. The summed E-state index contributed by atoms with van der Waals surface area (Å²) in [7, 11) is 0. The van der Waals surface area contributed by atoms with Gasteiger partial charge in [0.15, 0.2) is 5.82 Å². The summed E-state index contributed by atoms with van der Waals surface area (Å²) in [6.45, 7) is 6.51. The number of tetrazole rings is 1. The molecule has 1 aromatic heterocycles. The minimum Gasteiger partial charge on any atom is -0.225 e. The Labute approximate surface area is 108 Å². The first-order chi connectivity index (χ1) is 8.11. The van der Waals surface area contributed by atoms with E-state index in [1.54, 1.807) is 0 Å². The number of alkyl halides is 1. The maximum Gasteiger partial charge on any atom is 0.169 e. The maximum atomic E-state index is 6.13. The van der Waals surface area contributed by atoms with Crippen molar-refractivity contribution in [2.45, 2.75) is 57.9 Å². The summed E-state index contributed by atoms with van der Waals surface area (Å²) in [6, 6.07) is 0.426. The molecule has 0 aliphatic heterocycles. The van der Waals surface area contributed by atoms with E-state index in [1.807, 2.05) is 11.6 Å². The summed E-state index contributed by atoms with van der Waals surface area (Å²) in [5.41, 5.74) is 0. The van der Waals surface area contributed by atoms with E-state index in [9.17, 15) is 0 Å². The lowest BCUT2D eigenvalue weighted by Crippen LogP contribution is -2.29. The molecule has 17 heavy (non-hydrogen) atoms. The van der Waals surface area contributed by atoms with Crippen LogP contribution < -0.4 is 0 Å². The van der Waals surface area contributed by atoms with Gasteiger partial charge in [-0.15, -0.1) is 16.7 Å². The molecule has 1 aromatic rings. The second-order valence-electron chi connectivity index (χ2n) is 5.36. The lowest BCUT2D eigenvalue weighted by Gasteiger charge is -2.34. The molecule has 1 aliphatic carbocycles. The van der Waals surface area contributed by atoms with Gasteiger partial charge in [0.05, 0.1) is 11.4 Å². The van der Waals surface area contributed by atoms with Crippen molar-refractivity contribution in [3.05, 3.63) is 5.82 Å². The fourth-order valence-corrected chi connectivity index (χ4v) is 3.06. The maximum absolute atomic E-state index is 6.13. The summed E-state index contributed by atoms with van der Waals surface area (Å²) >= 11 is 6.13. The molecule has 0 spiro atoms. The van der Waals surface area contributed by atoms with Crippen LogP contribution in [0, 0.1) is 11.8 Å². The molecular weight excluding hydrogens is 236 g/mol. The van der Waals surface area contributed by atoms with Crippen LogP contribution >= 0.6 is 11.6 Å². The van der Waals surface area contributed by atoms with Gasteiger partial charge in [-0.3, -0.25) is 0 Å². The van der Waals surface area contributed by atoms with Crippen LogP contribution in [-0.4, -0.2) is 20.2 Å². The quantitative estimate of drug-likeness (QED) is 0.779. The van der Waals surface area contributed by atoms with E-state index in [4.69, 9.17) is 11.6 Å². The molecule has 3 atom stereocenters. The molecule has 0 radical (unpaired) electrons. The topological polar surface area (TPSA) is 43.6 Å². The van der Waals surface area contributed by atoms with Crippen LogP contribution in [-0.2, 0) is 0 Å². The highest BCUT2D eigenvalue weighted by Gasteiger charge is 2.32. The molecule has 1 fully saturated rings. The molecule has 1 aliphatic rings. The third-order valence-corrected chi connectivity index (χ3v) is 4.02. The molecule has 0 saturated heterocycles. The second-order valence-corrected chi connectivity index (χ2v) is 6.01. The third-order valence-electron chi connectivity index (χ3n) is 3.83. The van der Waals surface area contributed by atoms with Crippen molar-refractivity contribution in [1.29, 1.82) is 0 Å². The molecule has 0 aromatic carbocycles. The fraction of sp³-hybridized carbons (Fsp3) is 0.917. The zero-order valence-corrected chi connectivity index (χ0v) is 11.6. The molecule has 0 N–H and O–H groups in total. The first kappa shape index (κ1) is 12.8. The van der Waals surface area contributed by atoms with Crippen LogP contribution in [0.4, 0.5) is 0 Å². The van der Waals surface area contributed by atoms with Crippen molar-refractivity contribution in [3.63, 3.8) is 0 Å². The molecule has 1 saturated carbocycles. The number of rotatable bonds is 3. The third kappa shape index (κ3) is 2.62. The monoisotopic (exact) mass is 256 g/mol. The predicted octanol–water partition coefficient (Wildman–Crippen LogP) is 3.36. The van der Waals surface area contributed by atoms with E-state index in [-0.39, 0.29) is 5.38 Å². The van der Waals surface area contributed by atoms with E-state index < -0.39 is 0 Å². The Bertz CT molecular complexity index is 361. The van der Waals surface area contributed by atoms with Gasteiger partial charge < -0.3 is 0 Å². The van der Waals surface area contributed by atoms with Crippen molar-refractivity contribution in [3.8, 4) is 0 Å². The average molecular weight is 257 g/mol. The highest BCUT2D eigenvalue weighted by atomic mass is 35.5. The number of hydrogen-bond donors (Lipinski definition) is 0. The molecular formula is C12H21ClN4. The zero-order valence-electron chi connectivity index (χ0n) is 10.8. The van der Waals surface area contributed by atoms with Crippen molar-refractivity contribution in [2.24, 2.45) is 11.8 Å². The van der Waals surface area contributed by atoms with E-state index in [1.165, 1.54) is 25.7 Å². The molecule has 2 rings (SSSR count). The molecule has 3 unspecified atom stereocenters. The Balaban J connectivity index is 2.26. The van der Waals surface area contributed by atoms with Crippen LogP contribution in [0.15, 0.2) is 0 Å². The van der Waals surface area contributed by atoms with Crippen LogP contribution in [0.3, 0.4) is 0 Å². The number of aromatic nitrogens is 4. The van der Waals surface area contributed by atoms with Gasteiger partial charge in [0.25, 0.3) is 0 Å². The Morgan fingerprint density at radius 2 is 1.94 bits per heavy atom. The number of hydrogen-bond acceptors (Lipinski definition) is 3. The molecule has 0 amide bonds. The number of halogens is 1. The van der Waals surface area contributed by atoms with Crippen LogP contribution in [0.2, 0.25) is 0 Å². The van der Waals surface area contributed by atoms with Gasteiger partial charge >= 0.3 is 0 Å². The smallest absolute Gasteiger partial charge is 0.169 e. The first-order valence-electron chi connectivity index (χ1n) is 6.53. The van der Waals surface area contributed by atoms with Crippen molar-refractivity contribution >= 4 is 11.6 Å². The van der Waals surface area contributed by atoms with Gasteiger partial charge in [0.1, 0.15) is 0 Å². The Hall–Kier alpha value is -0.640. The average Bonchev–Trinajstić information content (AvgIpc) is 2.77. The summed E-state index contributed by atoms with van der Waals surface area (Å²) in [5, 5.41) is 11.9. The molecule has 5 heteroatoms. The van der Waals surface area contributed by atoms with E-state index in [2.05, 4.69) is 29.4 Å². The van der Waals surface area contributed by atoms with Gasteiger partial charge in [0.2, 0.25) is 0 Å². The second kappa shape index (κ2) is 5.34. The Morgan fingerprint density at radius 3 is 2.59 bits per heavy atom. The summed E-state index contributed by atoms with van der Waals surface area (Å²) in [4.78, 5) is 0. The van der Waals surface area contributed by atoms with E-state index >= 15 is 0 Å². The highest BCUT2D eigenvalue weighted by molar-refractivity contribution is 6.20. The Kier molecular flexibility index (Phi) is 4.02. The van der Waals surface area contributed by atoms with Gasteiger partial charge in [-0.05, 0) is 42.0 Å². The van der Waals surface area contributed by atoms with Gasteiger partial charge in [-0.25, -0.2) is 4.68 Å². The van der Waals surface area contributed by atoms with E-state index in [0.29, 0.717) is 17.9 Å². The van der Waals surface area contributed by atoms with Crippen molar-refractivity contribution < 1.29 is 0 Å². The van der Waals surface area contributed by atoms with Gasteiger partial charge in [-0.2, -0.15) is 0 Å². The Morgan fingerprint density at radius 1 is 1.24 bits per heavy atom. The minimum atomic E-state index is -0.125. The molecule has 96 valence electrons. The number of nitrogens with zero attached hydrogens (tertiary/aromatic N) is 4. The molecule has 0 bridgehead atoms. The van der Waals surface area contributed by atoms with Gasteiger partial charge in [0, 0.05) is 0 Å². The van der Waals surface area contributed by atoms with Crippen molar-refractivity contribution in [1.82, 2.24) is 20.2 Å². The van der Waals surface area contributed by atoms with Crippen molar-refractivity contribution in [2.75, 3.05) is 0 Å². The minimum absolute atomic E-state index is 0.125. The fourth-order valence-electron chi connectivity index (χ4n) is 2.92. The largest absolute Gasteiger partial charge is 0.225 e. The highest BCUT2D eigenvalue weighted by Crippen LogP contribution is 2.39. The summed E-state index contributed by atoms with van der Waals surface area (Å²) in [5.74, 6) is 2.15. The van der Waals surface area contributed by atoms with Gasteiger partial charge in [-0.1, -0.05) is 26.7 Å². The first-order valence-corrected chi connectivity index (χ1v) is 6.96. The summed E-state index contributed by atoms with van der Waals surface area (Å²) < 4.78 is 1.97. The van der Waals surface area contributed by atoms with Crippen LogP contribution in [0.25, 0.3) is 0 Å².